The fraction of sp³-hybridized carbons (Fsp3) is 0.300. The number of carbonyl (C=O) groups is 2. The Kier molecular flexibility index (Phi) is 8.09. The molecule has 0 aliphatic carbocycles. The van der Waals surface area contributed by atoms with Gasteiger partial charge in [0.15, 0.2) is 0 Å². The molecule has 144 valence electrons. The van der Waals surface area contributed by atoms with Crippen LogP contribution in [0.2, 0.25) is 0 Å². The van der Waals surface area contributed by atoms with Gasteiger partial charge in [-0.1, -0.05) is 0 Å². The third-order valence-electron chi connectivity index (χ3n) is 3.45. The Morgan fingerprint density at radius 1 is 0.926 bits per heavy atom. The normalized spacial score (nSPS) is 10.1. The molecule has 6 nitrogen and oxygen atoms in total. The van der Waals surface area contributed by atoms with Crippen molar-refractivity contribution < 1.29 is 28.2 Å². The zero-order valence-electron chi connectivity index (χ0n) is 15.1. The molecule has 0 spiro atoms. The number of ether oxygens (including phenoxy) is 3. The van der Waals surface area contributed by atoms with E-state index in [-0.39, 0.29) is 24.9 Å². The first-order chi connectivity index (χ1) is 13.1. The highest BCUT2D eigenvalue weighted by atomic mass is 19.1. The van der Waals surface area contributed by atoms with Gasteiger partial charge in [-0.2, -0.15) is 0 Å². The molecule has 0 radical (unpaired) electrons. The lowest BCUT2D eigenvalue weighted by Crippen LogP contribution is -2.30. The summed E-state index contributed by atoms with van der Waals surface area (Å²) in [6, 6.07) is 12.3. The average Bonchev–Trinajstić information content (AvgIpc) is 2.68. The minimum Gasteiger partial charge on any atom is -0.494 e. The molecule has 0 saturated heterocycles. The second kappa shape index (κ2) is 10.8. The standard InChI is InChI=1S/C20H22FNO5/c1-2-25-17-8-4-15(5-9-17)20(24)22-14-19(23)27-13-3-12-26-18-10-6-16(21)7-11-18/h4-11H,2-3,12-14H2,1H3,(H,22,24). The Hall–Kier alpha value is -3.09. The van der Waals surface area contributed by atoms with E-state index in [0.29, 0.717) is 36.7 Å². The zero-order chi connectivity index (χ0) is 19.5. The van der Waals surface area contributed by atoms with Gasteiger partial charge in [0.05, 0.1) is 19.8 Å². The SMILES string of the molecule is CCOc1ccc(C(=O)NCC(=O)OCCCOc2ccc(F)cc2)cc1. The molecule has 0 heterocycles. The number of nitrogens with one attached hydrogen (secondary N) is 1. The smallest absolute Gasteiger partial charge is 0.325 e. The summed E-state index contributed by atoms with van der Waals surface area (Å²) >= 11 is 0. The van der Waals surface area contributed by atoms with Crippen LogP contribution < -0.4 is 14.8 Å². The quantitative estimate of drug-likeness (QED) is 0.511. The first kappa shape index (κ1) is 20.2. The summed E-state index contributed by atoms with van der Waals surface area (Å²) in [5.41, 5.74) is 0.430. The summed E-state index contributed by atoms with van der Waals surface area (Å²) in [5.74, 6) is -0.00376. The molecule has 1 N–H and O–H groups in total. The van der Waals surface area contributed by atoms with Gasteiger partial charge >= 0.3 is 5.97 Å². The van der Waals surface area contributed by atoms with E-state index in [2.05, 4.69) is 5.32 Å². The molecule has 0 aromatic heterocycles. The highest BCUT2D eigenvalue weighted by molar-refractivity contribution is 5.96. The van der Waals surface area contributed by atoms with Crippen LogP contribution in [0, 0.1) is 5.82 Å². The van der Waals surface area contributed by atoms with Gasteiger partial charge in [0.25, 0.3) is 5.91 Å². The Morgan fingerprint density at radius 3 is 2.22 bits per heavy atom. The molecule has 1 amide bonds. The first-order valence-corrected chi connectivity index (χ1v) is 8.63. The first-order valence-electron chi connectivity index (χ1n) is 8.63. The summed E-state index contributed by atoms with van der Waals surface area (Å²) in [7, 11) is 0. The van der Waals surface area contributed by atoms with Gasteiger partial charge in [-0.15, -0.1) is 0 Å². The predicted octanol–water partition coefficient (Wildman–Crippen LogP) is 2.97. The van der Waals surface area contributed by atoms with Gasteiger partial charge in [0.2, 0.25) is 0 Å². The third kappa shape index (κ3) is 7.35. The molecule has 0 unspecified atom stereocenters. The Balaban J connectivity index is 1.59. The maximum atomic E-state index is 12.8. The van der Waals surface area contributed by atoms with Crippen molar-refractivity contribution in [3.8, 4) is 11.5 Å². The molecule has 2 aromatic carbocycles. The molecule has 0 fully saturated rings. The maximum Gasteiger partial charge on any atom is 0.325 e. The van der Waals surface area contributed by atoms with Crippen LogP contribution in [0.5, 0.6) is 11.5 Å². The molecular weight excluding hydrogens is 353 g/mol. The summed E-state index contributed by atoms with van der Waals surface area (Å²) in [5, 5.41) is 2.50. The highest BCUT2D eigenvalue weighted by Crippen LogP contribution is 2.12. The minimum absolute atomic E-state index is 0.166. The summed E-state index contributed by atoms with van der Waals surface area (Å²) < 4.78 is 28.5. The monoisotopic (exact) mass is 375 g/mol. The van der Waals surface area contributed by atoms with Crippen molar-refractivity contribution in [2.24, 2.45) is 0 Å². The van der Waals surface area contributed by atoms with E-state index in [4.69, 9.17) is 14.2 Å². The van der Waals surface area contributed by atoms with E-state index in [1.807, 2.05) is 6.92 Å². The minimum atomic E-state index is -0.531. The summed E-state index contributed by atoms with van der Waals surface area (Å²) in [6.07, 6.45) is 0.482. The van der Waals surface area contributed by atoms with Crippen molar-refractivity contribution in [1.29, 1.82) is 0 Å². The summed E-state index contributed by atoms with van der Waals surface area (Å²) in [6.45, 7) is 2.70. The second-order valence-corrected chi connectivity index (χ2v) is 5.52. The van der Waals surface area contributed by atoms with Crippen LogP contribution in [0.3, 0.4) is 0 Å². The zero-order valence-corrected chi connectivity index (χ0v) is 15.1. The molecule has 0 atom stereocenters. The van der Waals surface area contributed by atoms with Crippen molar-refractivity contribution in [2.45, 2.75) is 13.3 Å². The number of amides is 1. The van der Waals surface area contributed by atoms with Crippen LogP contribution in [0.25, 0.3) is 0 Å². The Morgan fingerprint density at radius 2 is 1.56 bits per heavy atom. The number of halogens is 1. The van der Waals surface area contributed by atoms with E-state index in [9.17, 15) is 14.0 Å². The molecule has 0 saturated carbocycles. The van der Waals surface area contributed by atoms with Crippen LogP contribution in [0.1, 0.15) is 23.7 Å². The van der Waals surface area contributed by atoms with Gasteiger partial charge in [0.1, 0.15) is 23.9 Å². The van der Waals surface area contributed by atoms with Gasteiger partial charge < -0.3 is 19.5 Å². The predicted molar refractivity (Wildman–Crippen MR) is 97.4 cm³/mol. The van der Waals surface area contributed by atoms with Gasteiger partial charge in [-0.05, 0) is 55.5 Å². The molecule has 2 aromatic rings. The number of rotatable bonds is 10. The molecule has 0 aliphatic rings. The van der Waals surface area contributed by atoms with E-state index < -0.39 is 5.97 Å². The number of benzene rings is 2. The third-order valence-corrected chi connectivity index (χ3v) is 3.45. The average molecular weight is 375 g/mol. The highest BCUT2D eigenvalue weighted by Gasteiger charge is 2.09. The summed E-state index contributed by atoms with van der Waals surface area (Å²) in [4.78, 5) is 23.6. The Labute approximate surface area is 157 Å². The molecular formula is C20H22FNO5. The lowest BCUT2D eigenvalue weighted by atomic mass is 10.2. The van der Waals surface area contributed by atoms with E-state index in [1.54, 1.807) is 24.3 Å². The molecule has 0 aliphatic heterocycles. The second-order valence-electron chi connectivity index (χ2n) is 5.52. The van der Waals surface area contributed by atoms with Gasteiger partial charge in [-0.3, -0.25) is 9.59 Å². The molecule has 2 rings (SSSR count). The number of esters is 1. The maximum absolute atomic E-state index is 12.8. The van der Waals surface area contributed by atoms with Crippen LogP contribution >= 0.6 is 0 Å². The molecule has 0 bridgehead atoms. The fourth-order valence-electron chi connectivity index (χ4n) is 2.14. The fourth-order valence-corrected chi connectivity index (χ4v) is 2.14. The van der Waals surface area contributed by atoms with E-state index in [1.165, 1.54) is 24.3 Å². The molecule has 7 heteroatoms. The van der Waals surface area contributed by atoms with Crippen LogP contribution in [0.15, 0.2) is 48.5 Å². The van der Waals surface area contributed by atoms with Crippen molar-refractivity contribution in [3.63, 3.8) is 0 Å². The van der Waals surface area contributed by atoms with Crippen molar-refractivity contribution in [2.75, 3.05) is 26.4 Å². The van der Waals surface area contributed by atoms with Gasteiger partial charge in [-0.25, -0.2) is 4.39 Å². The van der Waals surface area contributed by atoms with Crippen molar-refractivity contribution >= 4 is 11.9 Å². The lowest BCUT2D eigenvalue weighted by molar-refractivity contribution is -0.142. The lowest BCUT2D eigenvalue weighted by Gasteiger charge is -2.08. The van der Waals surface area contributed by atoms with Crippen molar-refractivity contribution in [3.05, 3.63) is 59.9 Å². The van der Waals surface area contributed by atoms with Crippen LogP contribution in [-0.4, -0.2) is 38.2 Å². The number of carbonyl (C=O) groups excluding carboxylic acids is 2. The number of hydrogen-bond donors (Lipinski definition) is 1. The van der Waals surface area contributed by atoms with E-state index >= 15 is 0 Å². The largest absolute Gasteiger partial charge is 0.494 e. The number of hydrogen-bond acceptors (Lipinski definition) is 5. The van der Waals surface area contributed by atoms with Gasteiger partial charge in [0, 0.05) is 12.0 Å². The topological polar surface area (TPSA) is 73.9 Å². The van der Waals surface area contributed by atoms with Crippen molar-refractivity contribution in [1.82, 2.24) is 5.32 Å². The van der Waals surface area contributed by atoms with Crippen LogP contribution in [0.4, 0.5) is 4.39 Å². The van der Waals surface area contributed by atoms with Crippen LogP contribution in [-0.2, 0) is 9.53 Å². The molecule has 27 heavy (non-hydrogen) atoms. The Bertz CT molecular complexity index is 731. The van der Waals surface area contributed by atoms with E-state index in [0.717, 1.165) is 0 Å².